The normalized spacial score (nSPS) is 14.9. The van der Waals surface area contributed by atoms with Crippen molar-refractivity contribution in [2.45, 2.75) is 6.42 Å². The van der Waals surface area contributed by atoms with Crippen molar-refractivity contribution >= 4 is 17.6 Å². The molecular formula is C15H17NO6. The van der Waals surface area contributed by atoms with E-state index in [1.807, 2.05) is 0 Å². The van der Waals surface area contributed by atoms with Crippen LogP contribution in [0, 0.1) is 0 Å². The molecule has 1 aliphatic rings. The first-order chi connectivity index (χ1) is 10.5. The number of aliphatic hydroxyl groups excluding tert-OH is 1. The lowest BCUT2D eigenvalue weighted by Gasteiger charge is -2.27. The number of nitrogens with zero attached hydrogens (tertiary/aromatic N) is 1. The maximum absolute atomic E-state index is 11.4. The first kappa shape index (κ1) is 15.8. The molecule has 0 unspecified atom stereocenters. The summed E-state index contributed by atoms with van der Waals surface area (Å²) in [5.74, 6) is -0.528. The van der Waals surface area contributed by atoms with Gasteiger partial charge >= 0.3 is 12.1 Å². The summed E-state index contributed by atoms with van der Waals surface area (Å²) in [5, 5.41) is 27.0. The van der Waals surface area contributed by atoms with Crippen molar-refractivity contribution in [3.8, 4) is 5.75 Å². The lowest BCUT2D eigenvalue weighted by atomic mass is 9.93. The summed E-state index contributed by atoms with van der Waals surface area (Å²) in [6.45, 7) is 0.254. The average Bonchev–Trinajstić information content (AvgIpc) is 2.52. The van der Waals surface area contributed by atoms with Gasteiger partial charge in [0, 0.05) is 6.54 Å². The summed E-state index contributed by atoms with van der Waals surface area (Å²) < 4.78 is 5.25. The van der Waals surface area contributed by atoms with E-state index in [9.17, 15) is 14.7 Å². The van der Waals surface area contributed by atoms with Crippen molar-refractivity contribution in [2.24, 2.45) is 0 Å². The molecule has 0 aliphatic carbocycles. The number of aliphatic hydroxyl groups is 1. The molecule has 3 N–H and O–H groups in total. The molecule has 1 aromatic rings. The van der Waals surface area contributed by atoms with Gasteiger partial charge in [-0.3, -0.25) is 0 Å². The SMILES string of the molecule is O=C(O)C1=C(c2ccc(OCCO)cc2)CCN(C(=O)O)C1. The molecule has 0 radical (unpaired) electrons. The highest BCUT2D eigenvalue weighted by atomic mass is 16.5. The molecule has 1 heterocycles. The number of ether oxygens (including phenoxy) is 1. The third-order valence-electron chi connectivity index (χ3n) is 3.44. The van der Waals surface area contributed by atoms with Crippen LogP contribution in [0.4, 0.5) is 4.79 Å². The molecule has 1 amide bonds. The summed E-state index contributed by atoms with van der Waals surface area (Å²) >= 11 is 0. The van der Waals surface area contributed by atoms with Crippen LogP contribution in [0.5, 0.6) is 5.75 Å². The number of carbonyl (C=O) groups is 2. The average molecular weight is 307 g/mol. The van der Waals surface area contributed by atoms with Crippen molar-refractivity contribution in [1.29, 1.82) is 0 Å². The molecule has 0 spiro atoms. The molecule has 7 heteroatoms. The van der Waals surface area contributed by atoms with Gasteiger partial charge < -0.3 is 25.0 Å². The Balaban J connectivity index is 2.26. The van der Waals surface area contributed by atoms with Crippen LogP contribution in [0.1, 0.15) is 12.0 Å². The van der Waals surface area contributed by atoms with Crippen LogP contribution in [-0.4, -0.2) is 58.6 Å². The number of hydrogen-bond donors (Lipinski definition) is 3. The van der Waals surface area contributed by atoms with Gasteiger partial charge in [0.2, 0.25) is 0 Å². The first-order valence-corrected chi connectivity index (χ1v) is 6.80. The Kier molecular flexibility index (Phi) is 5.00. The topological polar surface area (TPSA) is 107 Å². The summed E-state index contributed by atoms with van der Waals surface area (Å²) in [4.78, 5) is 23.5. The molecule has 0 atom stereocenters. The fourth-order valence-corrected chi connectivity index (χ4v) is 2.36. The van der Waals surface area contributed by atoms with E-state index in [1.54, 1.807) is 24.3 Å². The van der Waals surface area contributed by atoms with Crippen LogP contribution < -0.4 is 4.74 Å². The molecular weight excluding hydrogens is 290 g/mol. The van der Waals surface area contributed by atoms with E-state index < -0.39 is 12.1 Å². The molecule has 118 valence electrons. The smallest absolute Gasteiger partial charge is 0.407 e. The zero-order valence-electron chi connectivity index (χ0n) is 11.9. The van der Waals surface area contributed by atoms with Gasteiger partial charge in [0.05, 0.1) is 18.7 Å². The maximum Gasteiger partial charge on any atom is 0.407 e. The highest BCUT2D eigenvalue weighted by Gasteiger charge is 2.26. The Morgan fingerprint density at radius 3 is 2.41 bits per heavy atom. The second-order valence-corrected chi connectivity index (χ2v) is 4.81. The van der Waals surface area contributed by atoms with Gasteiger partial charge in [0.1, 0.15) is 12.4 Å². The molecule has 2 rings (SSSR count). The Labute approximate surface area is 127 Å². The monoisotopic (exact) mass is 307 g/mol. The number of hydrogen-bond acceptors (Lipinski definition) is 4. The highest BCUT2D eigenvalue weighted by molar-refractivity contribution is 5.98. The van der Waals surface area contributed by atoms with E-state index in [1.165, 1.54) is 0 Å². The molecule has 0 fully saturated rings. The molecule has 0 aromatic heterocycles. The maximum atomic E-state index is 11.4. The minimum Gasteiger partial charge on any atom is -0.491 e. The van der Waals surface area contributed by atoms with Crippen LogP contribution in [0.25, 0.3) is 5.57 Å². The summed E-state index contributed by atoms with van der Waals surface area (Å²) in [5.41, 5.74) is 1.47. The summed E-state index contributed by atoms with van der Waals surface area (Å²) in [6.07, 6.45) is -0.768. The second kappa shape index (κ2) is 6.95. The number of amides is 1. The quantitative estimate of drug-likeness (QED) is 0.756. The largest absolute Gasteiger partial charge is 0.491 e. The summed E-state index contributed by atoms with van der Waals surface area (Å²) in [7, 11) is 0. The molecule has 1 aromatic carbocycles. The fraction of sp³-hybridized carbons (Fsp3) is 0.333. The Morgan fingerprint density at radius 2 is 1.86 bits per heavy atom. The van der Waals surface area contributed by atoms with Gasteiger partial charge in [0.15, 0.2) is 0 Å². The molecule has 0 saturated carbocycles. The van der Waals surface area contributed by atoms with Crippen molar-refractivity contribution in [2.75, 3.05) is 26.3 Å². The fourth-order valence-electron chi connectivity index (χ4n) is 2.36. The van der Waals surface area contributed by atoms with E-state index in [0.717, 1.165) is 10.5 Å². The van der Waals surface area contributed by atoms with E-state index >= 15 is 0 Å². The van der Waals surface area contributed by atoms with Crippen molar-refractivity contribution in [1.82, 2.24) is 4.90 Å². The van der Waals surface area contributed by atoms with Gasteiger partial charge in [-0.2, -0.15) is 0 Å². The molecule has 0 saturated heterocycles. The minimum absolute atomic E-state index is 0.0823. The third kappa shape index (κ3) is 3.56. The molecule has 22 heavy (non-hydrogen) atoms. The number of benzene rings is 1. The molecule has 0 bridgehead atoms. The van der Waals surface area contributed by atoms with E-state index in [2.05, 4.69) is 0 Å². The molecule has 7 nitrogen and oxygen atoms in total. The van der Waals surface area contributed by atoms with E-state index in [0.29, 0.717) is 17.7 Å². The Hall–Kier alpha value is -2.54. The Morgan fingerprint density at radius 1 is 1.18 bits per heavy atom. The molecule has 1 aliphatic heterocycles. The second-order valence-electron chi connectivity index (χ2n) is 4.81. The standard InChI is InChI=1S/C15H17NO6/c17-7-8-22-11-3-1-10(2-4-11)12-5-6-16(15(20)21)9-13(12)14(18)19/h1-4,17H,5-9H2,(H,18,19)(H,20,21). The lowest BCUT2D eigenvalue weighted by molar-refractivity contribution is -0.132. The number of aliphatic carboxylic acids is 1. The zero-order chi connectivity index (χ0) is 16.1. The first-order valence-electron chi connectivity index (χ1n) is 6.80. The zero-order valence-corrected chi connectivity index (χ0v) is 11.9. The minimum atomic E-state index is -1.12. The van der Waals surface area contributed by atoms with Crippen LogP contribution in [0.15, 0.2) is 29.8 Å². The third-order valence-corrected chi connectivity index (χ3v) is 3.44. The van der Waals surface area contributed by atoms with Crippen molar-refractivity contribution < 1.29 is 29.6 Å². The van der Waals surface area contributed by atoms with Crippen molar-refractivity contribution in [3.63, 3.8) is 0 Å². The highest BCUT2D eigenvalue weighted by Crippen LogP contribution is 2.29. The number of carboxylic acids is 1. The van der Waals surface area contributed by atoms with Gasteiger partial charge in [-0.1, -0.05) is 12.1 Å². The van der Waals surface area contributed by atoms with Crippen LogP contribution in [0.3, 0.4) is 0 Å². The van der Waals surface area contributed by atoms with Gasteiger partial charge in [-0.25, -0.2) is 9.59 Å². The van der Waals surface area contributed by atoms with Gasteiger partial charge in [-0.15, -0.1) is 0 Å². The van der Waals surface area contributed by atoms with Crippen LogP contribution >= 0.6 is 0 Å². The van der Waals surface area contributed by atoms with Crippen molar-refractivity contribution in [3.05, 3.63) is 35.4 Å². The predicted octanol–water partition coefficient (Wildman–Crippen LogP) is 1.28. The summed E-state index contributed by atoms with van der Waals surface area (Å²) in [6, 6.07) is 6.87. The van der Waals surface area contributed by atoms with E-state index in [-0.39, 0.29) is 31.9 Å². The Bertz CT molecular complexity index is 593. The van der Waals surface area contributed by atoms with Crippen LogP contribution in [0.2, 0.25) is 0 Å². The van der Waals surface area contributed by atoms with Gasteiger partial charge in [-0.05, 0) is 29.7 Å². The number of carboxylic acid groups (broad SMARTS) is 2. The lowest BCUT2D eigenvalue weighted by Crippen LogP contribution is -2.37. The van der Waals surface area contributed by atoms with Crippen LogP contribution in [-0.2, 0) is 4.79 Å². The van der Waals surface area contributed by atoms with E-state index in [4.69, 9.17) is 14.9 Å². The number of rotatable bonds is 5. The predicted molar refractivity (Wildman–Crippen MR) is 77.8 cm³/mol. The van der Waals surface area contributed by atoms with Gasteiger partial charge in [0.25, 0.3) is 0 Å².